The number of hydrogen-bond donors (Lipinski definition) is 2. The molecule has 0 aliphatic carbocycles. The molecule has 0 spiro atoms. The van der Waals surface area contributed by atoms with E-state index in [4.69, 9.17) is 0 Å². The smallest absolute Gasteiger partial charge is 0.317 e. The van der Waals surface area contributed by atoms with Crippen LogP contribution in [-0.4, -0.2) is 43.7 Å². The van der Waals surface area contributed by atoms with Crippen LogP contribution in [0.3, 0.4) is 0 Å². The summed E-state index contributed by atoms with van der Waals surface area (Å²) < 4.78 is 0. The van der Waals surface area contributed by atoms with Gasteiger partial charge in [0, 0.05) is 19.1 Å². The lowest BCUT2D eigenvalue weighted by Crippen LogP contribution is -2.47. The molecule has 0 bridgehead atoms. The van der Waals surface area contributed by atoms with Crippen molar-refractivity contribution in [2.75, 3.05) is 27.2 Å². The number of nitrogens with one attached hydrogen (secondary N) is 2. The number of carbonyl (C=O) groups is 1. The highest BCUT2D eigenvalue weighted by Gasteiger charge is 2.16. The summed E-state index contributed by atoms with van der Waals surface area (Å²) in [7, 11) is 3.73. The molecule has 0 aromatic rings. The molecular formula is C10H23N3O. The molecule has 0 heterocycles. The first-order valence-electron chi connectivity index (χ1n) is 5.04. The molecule has 0 aromatic carbocycles. The summed E-state index contributed by atoms with van der Waals surface area (Å²) in [5.74, 6) is 0. The highest BCUT2D eigenvalue weighted by Crippen LogP contribution is 2.00. The van der Waals surface area contributed by atoms with Gasteiger partial charge < -0.3 is 15.5 Å². The van der Waals surface area contributed by atoms with E-state index in [2.05, 4.69) is 10.6 Å². The van der Waals surface area contributed by atoms with E-state index >= 15 is 0 Å². The lowest BCUT2D eigenvalue weighted by molar-refractivity contribution is 0.199. The van der Waals surface area contributed by atoms with Gasteiger partial charge in [0.2, 0.25) is 0 Å². The lowest BCUT2D eigenvalue weighted by atomic mass is 10.1. The van der Waals surface area contributed by atoms with Crippen LogP contribution in [0.1, 0.15) is 27.2 Å². The van der Waals surface area contributed by atoms with Gasteiger partial charge in [-0.3, -0.25) is 0 Å². The third-order valence-corrected chi connectivity index (χ3v) is 1.75. The molecule has 0 saturated heterocycles. The van der Waals surface area contributed by atoms with E-state index in [1.165, 1.54) is 0 Å². The SMILES string of the molecule is CNCCCN(C)C(=O)NC(C)(C)C. The van der Waals surface area contributed by atoms with E-state index < -0.39 is 0 Å². The topological polar surface area (TPSA) is 44.4 Å². The fourth-order valence-electron chi connectivity index (χ4n) is 1.01. The maximum absolute atomic E-state index is 11.5. The van der Waals surface area contributed by atoms with Crippen LogP contribution < -0.4 is 10.6 Å². The summed E-state index contributed by atoms with van der Waals surface area (Å²) in [6, 6.07) is -0.00592. The number of amides is 2. The molecule has 0 aromatic heterocycles. The van der Waals surface area contributed by atoms with E-state index in [-0.39, 0.29) is 11.6 Å². The quantitative estimate of drug-likeness (QED) is 0.667. The van der Waals surface area contributed by atoms with Crippen LogP contribution in [0.5, 0.6) is 0 Å². The van der Waals surface area contributed by atoms with Crippen molar-refractivity contribution in [2.24, 2.45) is 0 Å². The molecule has 0 aliphatic heterocycles. The molecule has 2 amide bonds. The van der Waals surface area contributed by atoms with Gasteiger partial charge in [0.05, 0.1) is 0 Å². The minimum atomic E-state index is -0.158. The van der Waals surface area contributed by atoms with E-state index in [1.54, 1.807) is 4.90 Å². The normalized spacial score (nSPS) is 11.2. The van der Waals surface area contributed by atoms with Crippen LogP contribution in [0.2, 0.25) is 0 Å². The second-order valence-electron chi connectivity index (χ2n) is 4.56. The molecular weight excluding hydrogens is 178 g/mol. The van der Waals surface area contributed by atoms with Crippen molar-refractivity contribution < 1.29 is 4.79 Å². The average Bonchev–Trinajstić information content (AvgIpc) is 2.01. The second kappa shape index (κ2) is 5.86. The maximum Gasteiger partial charge on any atom is 0.317 e. The van der Waals surface area contributed by atoms with Gasteiger partial charge in [0.1, 0.15) is 0 Å². The molecule has 0 aliphatic rings. The van der Waals surface area contributed by atoms with E-state index in [9.17, 15) is 4.79 Å². The molecule has 84 valence electrons. The number of nitrogens with zero attached hydrogens (tertiary/aromatic N) is 1. The zero-order chi connectivity index (χ0) is 11.2. The molecule has 14 heavy (non-hydrogen) atoms. The van der Waals surface area contributed by atoms with E-state index in [0.29, 0.717) is 0 Å². The molecule has 0 rings (SSSR count). The van der Waals surface area contributed by atoms with Gasteiger partial charge in [-0.25, -0.2) is 4.79 Å². The Labute approximate surface area is 87.0 Å². The van der Waals surface area contributed by atoms with Gasteiger partial charge in [0.15, 0.2) is 0 Å². The zero-order valence-corrected chi connectivity index (χ0v) is 9.98. The molecule has 0 fully saturated rings. The average molecular weight is 201 g/mol. The Bertz CT molecular complexity index is 175. The first kappa shape index (κ1) is 13.2. The maximum atomic E-state index is 11.5. The monoisotopic (exact) mass is 201 g/mol. The minimum Gasteiger partial charge on any atom is -0.333 e. The van der Waals surface area contributed by atoms with Crippen molar-refractivity contribution in [1.82, 2.24) is 15.5 Å². The van der Waals surface area contributed by atoms with Crippen LogP contribution in [0.4, 0.5) is 4.79 Å². The van der Waals surface area contributed by atoms with Crippen molar-refractivity contribution >= 4 is 6.03 Å². The first-order valence-corrected chi connectivity index (χ1v) is 5.04. The molecule has 0 saturated carbocycles. The molecule has 4 heteroatoms. The van der Waals surface area contributed by atoms with Gasteiger partial charge >= 0.3 is 6.03 Å². The molecule has 0 unspecified atom stereocenters. The zero-order valence-electron chi connectivity index (χ0n) is 9.98. The van der Waals surface area contributed by atoms with Crippen LogP contribution in [-0.2, 0) is 0 Å². The van der Waals surface area contributed by atoms with Crippen LogP contribution >= 0.6 is 0 Å². The molecule has 0 radical (unpaired) electrons. The van der Waals surface area contributed by atoms with Crippen LogP contribution in [0.15, 0.2) is 0 Å². The Balaban J connectivity index is 3.77. The molecule has 0 atom stereocenters. The highest BCUT2D eigenvalue weighted by molar-refractivity contribution is 5.74. The fraction of sp³-hybridized carbons (Fsp3) is 0.900. The molecule has 2 N–H and O–H groups in total. The minimum absolute atomic E-state index is 0.00592. The highest BCUT2D eigenvalue weighted by atomic mass is 16.2. The Morgan fingerprint density at radius 2 is 1.93 bits per heavy atom. The van der Waals surface area contributed by atoms with E-state index in [1.807, 2.05) is 34.9 Å². The fourth-order valence-corrected chi connectivity index (χ4v) is 1.01. The van der Waals surface area contributed by atoms with E-state index in [0.717, 1.165) is 19.5 Å². The number of carbonyl (C=O) groups excluding carboxylic acids is 1. The van der Waals surface area contributed by atoms with Crippen LogP contribution in [0, 0.1) is 0 Å². The summed E-state index contributed by atoms with van der Waals surface area (Å²) >= 11 is 0. The number of rotatable bonds is 4. The van der Waals surface area contributed by atoms with Crippen LogP contribution in [0.25, 0.3) is 0 Å². The Hall–Kier alpha value is -0.770. The largest absolute Gasteiger partial charge is 0.333 e. The Morgan fingerprint density at radius 1 is 1.36 bits per heavy atom. The number of hydrogen-bond acceptors (Lipinski definition) is 2. The Morgan fingerprint density at radius 3 is 2.36 bits per heavy atom. The van der Waals surface area contributed by atoms with Crippen molar-refractivity contribution in [2.45, 2.75) is 32.7 Å². The third kappa shape index (κ3) is 6.71. The van der Waals surface area contributed by atoms with Crippen molar-refractivity contribution in [1.29, 1.82) is 0 Å². The van der Waals surface area contributed by atoms with Crippen molar-refractivity contribution in [3.8, 4) is 0 Å². The van der Waals surface area contributed by atoms with Gasteiger partial charge in [-0.05, 0) is 40.8 Å². The predicted molar refractivity (Wildman–Crippen MR) is 59.5 cm³/mol. The summed E-state index contributed by atoms with van der Waals surface area (Å²) in [5.41, 5.74) is -0.158. The number of urea groups is 1. The summed E-state index contributed by atoms with van der Waals surface area (Å²) in [6.07, 6.45) is 0.977. The lowest BCUT2D eigenvalue weighted by Gasteiger charge is -2.25. The van der Waals surface area contributed by atoms with Crippen molar-refractivity contribution in [3.05, 3.63) is 0 Å². The van der Waals surface area contributed by atoms with Gasteiger partial charge in [-0.1, -0.05) is 0 Å². The first-order chi connectivity index (χ1) is 6.37. The van der Waals surface area contributed by atoms with Crippen molar-refractivity contribution in [3.63, 3.8) is 0 Å². The summed E-state index contributed by atoms with van der Waals surface area (Å²) in [5, 5.41) is 5.96. The second-order valence-corrected chi connectivity index (χ2v) is 4.56. The molecule has 4 nitrogen and oxygen atoms in total. The predicted octanol–water partition coefficient (Wildman–Crippen LogP) is 1.04. The summed E-state index contributed by atoms with van der Waals surface area (Å²) in [4.78, 5) is 13.3. The Kier molecular flexibility index (Phi) is 5.53. The third-order valence-electron chi connectivity index (χ3n) is 1.75. The summed E-state index contributed by atoms with van der Waals surface area (Å²) in [6.45, 7) is 7.65. The standard InChI is InChI=1S/C10H23N3O/c1-10(2,3)12-9(14)13(5)8-6-7-11-4/h11H,6-8H2,1-5H3,(H,12,14). The van der Waals surface area contributed by atoms with Gasteiger partial charge in [-0.15, -0.1) is 0 Å². The van der Waals surface area contributed by atoms with Gasteiger partial charge in [-0.2, -0.15) is 0 Å². The van der Waals surface area contributed by atoms with Gasteiger partial charge in [0.25, 0.3) is 0 Å².